The second kappa shape index (κ2) is 9.18. The van der Waals surface area contributed by atoms with Gasteiger partial charge in [-0.25, -0.2) is 9.78 Å². The molecule has 0 bridgehead atoms. The van der Waals surface area contributed by atoms with E-state index in [2.05, 4.69) is 17.2 Å². The molecular weight excluding hydrogens is 340 g/mol. The maximum absolute atomic E-state index is 12.2. The summed E-state index contributed by atoms with van der Waals surface area (Å²) in [5.41, 5.74) is 1.30. The molecule has 6 heteroatoms. The van der Waals surface area contributed by atoms with Gasteiger partial charge < -0.3 is 10.1 Å². The summed E-state index contributed by atoms with van der Waals surface area (Å²) in [6.45, 7) is 4.08. The van der Waals surface area contributed by atoms with Gasteiger partial charge >= 0.3 is 5.97 Å². The summed E-state index contributed by atoms with van der Waals surface area (Å²) in [4.78, 5) is 28.1. The van der Waals surface area contributed by atoms with Crippen LogP contribution in [0.2, 0.25) is 5.15 Å². The third-order valence-electron chi connectivity index (χ3n) is 3.92. The van der Waals surface area contributed by atoms with Crippen molar-refractivity contribution < 1.29 is 14.3 Å². The van der Waals surface area contributed by atoms with E-state index in [1.807, 2.05) is 30.3 Å². The van der Waals surface area contributed by atoms with Crippen molar-refractivity contribution in [2.75, 3.05) is 6.54 Å². The van der Waals surface area contributed by atoms with Crippen LogP contribution in [0.25, 0.3) is 0 Å². The second-order valence-electron chi connectivity index (χ2n) is 5.65. The van der Waals surface area contributed by atoms with E-state index in [1.54, 1.807) is 6.07 Å². The molecule has 1 amide bonds. The van der Waals surface area contributed by atoms with Crippen LogP contribution in [0.3, 0.4) is 0 Å². The van der Waals surface area contributed by atoms with Crippen LogP contribution in [0.5, 0.6) is 0 Å². The highest BCUT2D eigenvalue weighted by atomic mass is 35.5. The lowest BCUT2D eigenvalue weighted by Crippen LogP contribution is -2.38. The van der Waals surface area contributed by atoms with Gasteiger partial charge in [-0.3, -0.25) is 4.79 Å². The average Bonchev–Trinajstić information content (AvgIpc) is 2.63. The zero-order chi connectivity index (χ0) is 18.2. The molecule has 2 unspecified atom stereocenters. The highest BCUT2D eigenvalue weighted by Gasteiger charge is 2.21. The molecule has 2 rings (SSSR count). The lowest BCUT2D eigenvalue weighted by atomic mass is 9.96. The van der Waals surface area contributed by atoms with Crippen LogP contribution in [0.4, 0.5) is 0 Å². The third kappa shape index (κ3) is 5.29. The van der Waals surface area contributed by atoms with E-state index in [-0.39, 0.29) is 22.5 Å². The van der Waals surface area contributed by atoms with Crippen molar-refractivity contribution in [3.05, 3.63) is 64.9 Å². The van der Waals surface area contributed by atoms with Gasteiger partial charge in [0.2, 0.25) is 0 Å². The number of carbonyl (C=O) groups excluding carboxylic acids is 2. The molecule has 1 N–H and O–H groups in total. The number of ether oxygens (including phenoxy) is 1. The molecule has 2 atom stereocenters. The first-order chi connectivity index (χ1) is 12.0. The number of hydrogen-bond acceptors (Lipinski definition) is 4. The van der Waals surface area contributed by atoms with Gasteiger partial charge in [0.15, 0.2) is 6.10 Å². The maximum Gasteiger partial charge on any atom is 0.342 e. The molecule has 5 nitrogen and oxygen atoms in total. The fourth-order valence-electron chi connectivity index (χ4n) is 2.41. The average molecular weight is 361 g/mol. The number of pyridine rings is 1. The van der Waals surface area contributed by atoms with Crippen LogP contribution < -0.4 is 5.32 Å². The van der Waals surface area contributed by atoms with Crippen LogP contribution in [-0.2, 0) is 9.53 Å². The van der Waals surface area contributed by atoms with Crippen molar-refractivity contribution in [1.82, 2.24) is 10.3 Å². The van der Waals surface area contributed by atoms with Gasteiger partial charge in [0.05, 0.1) is 5.56 Å². The fraction of sp³-hybridized carbons (Fsp3) is 0.316. The normalized spacial score (nSPS) is 12.9. The molecule has 0 spiro atoms. The molecular formula is C19H21ClN2O3. The number of nitrogens with zero attached hydrogens (tertiary/aromatic N) is 1. The molecule has 1 aromatic carbocycles. The van der Waals surface area contributed by atoms with Gasteiger partial charge in [-0.1, -0.05) is 48.9 Å². The minimum absolute atomic E-state index is 0.0511. The van der Waals surface area contributed by atoms with Crippen molar-refractivity contribution in [3.8, 4) is 0 Å². The Hall–Kier alpha value is -2.40. The van der Waals surface area contributed by atoms with Crippen molar-refractivity contribution in [2.24, 2.45) is 0 Å². The van der Waals surface area contributed by atoms with E-state index in [0.717, 1.165) is 12.0 Å². The zero-order valence-electron chi connectivity index (χ0n) is 14.2. The third-order valence-corrected chi connectivity index (χ3v) is 4.22. The van der Waals surface area contributed by atoms with Gasteiger partial charge in [-0.05, 0) is 31.0 Å². The van der Waals surface area contributed by atoms with E-state index in [0.29, 0.717) is 6.54 Å². The predicted molar refractivity (Wildman–Crippen MR) is 96.6 cm³/mol. The molecule has 0 aliphatic rings. The highest BCUT2D eigenvalue weighted by molar-refractivity contribution is 6.32. The van der Waals surface area contributed by atoms with Crippen LogP contribution in [-0.4, -0.2) is 29.5 Å². The Labute approximate surface area is 152 Å². The van der Waals surface area contributed by atoms with Gasteiger partial charge in [0.25, 0.3) is 5.91 Å². The molecule has 0 fully saturated rings. The summed E-state index contributed by atoms with van der Waals surface area (Å²) in [6, 6.07) is 13.1. The van der Waals surface area contributed by atoms with E-state index in [1.165, 1.54) is 19.2 Å². The summed E-state index contributed by atoms with van der Waals surface area (Å²) in [5.74, 6) is -0.806. The molecule has 0 saturated heterocycles. The lowest BCUT2D eigenvalue weighted by molar-refractivity contribution is -0.129. The zero-order valence-corrected chi connectivity index (χ0v) is 15.0. The van der Waals surface area contributed by atoms with Crippen LogP contribution in [0, 0.1) is 0 Å². The summed E-state index contributed by atoms with van der Waals surface area (Å²) in [7, 11) is 0. The van der Waals surface area contributed by atoms with E-state index in [4.69, 9.17) is 16.3 Å². The minimum Gasteiger partial charge on any atom is -0.449 e. The second-order valence-corrected chi connectivity index (χ2v) is 6.01. The molecule has 0 saturated carbocycles. The standard InChI is InChI=1S/C19H21ClN2O3/c1-3-14(15-8-5-4-6-9-15)12-22-18(23)13(2)25-19(24)16-10-7-11-21-17(16)20/h4-11,13-14H,3,12H2,1-2H3,(H,22,23). The number of aromatic nitrogens is 1. The molecule has 132 valence electrons. The van der Waals surface area contributed by atoms with E-state index in [9.17, 15) is 9.59 Å². The first-order valence-corrected chi connectivity index (χ1v) is 8.54. The Morgan fingerprint density at radius 1 is 1.20 bits per heavy atom. The van der Waals surface area contributed by atoms with Gasteiger partial charge in [-0.2, -0.15) is 0 Å². The Kier molecular flexibility index (Phi) is 6.95. The number of hydrogen-bond donors (Lipinski definition) is 1. The smallest absolute Gasteiger partial charge is 0.342 e. The molecule has 0 aliphatic carbocycles. The molecule has 0 aliphatic heterocycles. The Balaban J connectivity index is 1.90. The maximum atomic E-state index is 12.2. The van der Waals surface area contributed by atoms with Crippen molar-refractivity contribution in [1.29, 1.82) is 0 Å². The van der Waals surface area contributed by atoms with Crippen LogP contribution in [0.15, 0.2) is 48.7 Å². The summed E-state index contributed by atoms with van der Waals surface area (Å²) >= 11 is 5.86. The quantitative estimate of drug-likeness (QED) is 0.605. The Morgan fingerprint density at radius 2 is 1.92 bits per heavy atom. The topological polar surface area (TPSA) is 68.3 Å². The lowest BCUT2D eigenvalue weighted by Gasteiger charge is -2.18. The molecule has 25 heavy (non-hydrogen) atoms. The van der Waals surface area contributed by atoms with Crippen molar-refractivity contribution in [2.45, 2.75) is 32.3 Å². The largest absolute Gasteiger partial charge is 0.449 e. The number of amides is 1. The van der Waals surface area contributed by atoms with Gasteiger partial charge in [0, 0.05) is 18.7 Å². The van der Waals surface area contributed by atoms with Gasteiger partial charge in [0.1, 0.15) is 5.15 Å². The minimum atomic E-state index is -0.919. The van der Waals surface area contributed by atoms with E-state index < -0.39 is 12.1 Å². The summed E-state index contributed by atoms with van der Waals surface area (Å²) < 4.78 is 5.18. The van der Waals surface area contributed by atoms with Crippen LogP contribution in [0.1, 0.15) is 42.1 Å². The number of esters is 1. The van der Waals surface area contributed by atoms with Crippen LogP contribution >= 0.6 is 11.6 Å². The van der Waals surface area contributed by atoms with Crippen molar-refractivity contribution >= 4 is 23.5 Å². The highest BCUT2D eigenvalue weighted by Crippen LogP contribution is 2.18. The number of rotatable bonds is 7. The number of nitrogens with one attached hydrogen (secondary N) is 1. The predicted octanol–water partition coefficient (Wildman–Crippen LogP) is 3.59. The number of benzene rings is 1. The number of halogens is 1. The Bertz CT molecular complexity index is 722. The molecule has 0 radical (unpaired) electrons. The molecule has 1 aromatic heterocycles. The molecule has 2 aromatic rings. The SMILES string of the molecule is CCC(CNC(=O)C(C)OC(=O)c1cccnc1Cl)c1ccccc1. The first kappa shape index (κ1) is 18.9. The fourth-order valence-corrected chi connectivity index (χ4v) is 2.60. The Morgan fingerprint density at radius 3 is 2.56 bits per heavy atom. The summed E-state index contributed by atoms with van der Waals surface area (Å²) in [6.07, 6.45) is 1.45. The molecule has 1 heterocycles. The first-order valence-electron chi connectivity index (χ1n) is 8.17. The summed E-state index contributed by atoms with van der Waals surface area (Å²) in [5, 5.41) is 2.89. The van der Waals surface area contributed by atoms with Gasteiger partial charge in [-0.15, -0.1) is 0 Å². The number of carbonyl (C=O) groups is 2. The monoisotopic (exact) mass is 360 g/mol. The van der Waals surface area contributed by atoms with E-state index >= 15 is 0 Å². The van der Waals surface area contributed by atoms with Crippen molar-refractivity contribution in [3.63, 3.8) is 0 Å².